The molecule has 122 valence electrons. The van der Waals surface area contributed by atoms with Gasteiger partial charge in [0.25, 0.3) is 5.56 Å². The van der Waals surface area contributed by atoms with E-state index in [1.807, 2.05) is 36.4 Å². The molecule has 0 N–H and O–H groups in total. The Bertz CT molecular complexity index is 938. The fourth-order valence-corrected chi connectivity index (χ4v) is 2.82. The lowest BCUT2D eigenvalue weighted by Crippen LogP contribution is -2.33. The average molecular weight is 386 g/mol. The Morgan fingerprint density at radius 1 is 1.21 bits per heavy atom. The standard InChI is InChI=1S/C18H16BrN3O2/c1-21(10-13-5-3-2-4-6-13)17(23)11-22-12-20-16-8-7-14(19)9-15(16)18(22)24/h2-9,12H,10-11H2,1H3. The van der Waals surface area contributed by atoms with Crippen LogP contribution in [-0.2, 0) is 17.9 Å². The lowest BCUT2D eigenvalue weighted by atomic mass is 10.2. The molecule has 1 aromatic heterocycles. The zero-order valence-electron chi connectivity index (χ0n) is 13.1. The number of fused-ring (bicyclic) bond motifs is 1. The van der Waals surface area contributed by atoms with Crippen LogP contribution in [-0.4, -0.2) is 27.4 Å². The second-order valence-electron chi connectivity index (χ2n) is 5.57. The van der Waals surface area contributed by atoms with E-state index in [-0.39, 0.29) is 18.0 Å². The van der Waals surface area contributed by atoms with Gasteiger partial charge in [-0.05, 0) is 23.8 Å². The summed E-state index contributed by atoms with van der Waals surface area (Å²) in [7, 11) is 1.73. The van der Waals surface area contributed by atoms with Gasteiger partial charge in [-0.25, -0.2) is 4.98 Å². The molecule has 0 unspecified atom stereocenters. The zero-order valence-corrected chi connectivity index (χ0v) is 14.7. The average Bonchev–Trinajstić information content (AvgIpc) is 2.58. The third kappa shape index (κ3) is 3.54. The van der Waals surface area contributed by atoms with Crippen molar-refractivity contribution in [2.24, 2.45) is 0 Å². The van der Waals surface area contributed by atoms with E-state index in [1.54, 1.807) is 24.1 Å². The predicted octanol–water partition coefficient (Wildman–Crippen LogP) is 2.82. The normalized spacial score (nSPS) is 10.8. The maximum absolute atomic E-state index is 12.5. The van der Waals surface area contributed by atoms with Gasteiger partial charge in [-0.15, -0.1) is 0 Å². The van der Waals surface area contributed by atoms with Crippen LogP contribution in [0, 0.1) is 0 Å². The summed E-state index contributed by atoms with van der Waals surface area (Å²) in [6, 6.07) is 15.1. The lowest BCUT2D eigenvalue weighted by Gasteiger charge is -2.18. The van der Waals surface area contributed by atoms with Crippen molar-refractivity contribution in [1.82, 2.24) is 14.5 Å². The van der Waals surface area contributed by atoms with Gasteiger partial charge in [-0.2, -0.15) is 0 Å². The molecule has 1 amide bonds. The topological polar surface area (TPSA) is 55.2 Å². The number of rotatable bonds is 4. The smallest absolute Gasteiger partial charge is 0.261 e. The predicted molar refractivity (Wildman–Crippen MR) is 96.6 cm³/mol. The van der Waals surface area contributed by atoms with Gasteiger partial charge in [0.15, 0.2) is 0 Å². The molecule has 0 aliphatic carbocycles. The number of carbonyl (C=O) groups excluding carboxylic acids is 1. The van der Waals surface area contributed by atoms with Crippen LogP contribution in [0.3, 0.4) is 0 Å². The fourth-order valence-electron chi connectivity index (χ4n) is 2.46. The van der Waals surface area contributed by atoms with Crippen LogP contribution in [0.15, 0.2) is 64.1 Å². The Hall–Kier alpha value is -2.47. The molecule has 0 radical (unpaired) electrons. The minimum Gasteiger partial charge on any atom is -0.340 e. The summed E-state index contributed by atoms with van der Waals surface area (Å²) in [5, 5.41) is 0.491. The van der Waals surface area contributed by atoms with Gasteiger partial charge in [-0.1, -0.05) is 46.3 Å². The van der Waals surface area contributed by atoms with Crippen molar-refractivity contribution >= 4 is 32.7 Å². The molecule has 0 aliphatic heterocycles. The van der Waals surface area contributed by atoms with Gasteiger partial charge in [0.2, 0.25) is 5.91 Å². The van der Waals surface area contributed by atoms with Crippen molar-refractivity contribution in [3.8, 4) is 0 Å². The number of hydrogen-bond donors (Lipinski definition) is 0. The first-order valence-electron chi connectivity index (χ1n) is 7.47. The molecule has 6 heteroatoms. The Kier molecular flexibility index (Phi) is 4.76. The van der Waals surface area contributed by atoms with Crippen LogP contribution in [0.5, 0.6) is 0 Å². The molecule has 2 aromatic carbocycles. The van der Waals surface area contributed by atoms with Crippen LogP contribution in [0.25, 0.3) is 10.9 Å². The highest BCUT2D eigenvalue weighted by Gasteiger charge is 2.12. The molecule has 5 nitrogen and oxygen atoms in total. The molecular weight excluding hydrogens is 370 g/mol. The molecule has 0 aliphatic rings. The van der Waals surface area contributed by atoms with Gasteiger partial charge >= 0.3 is 0 Å². The Morgan fingerprint density at radius 2 is 1.96 bits per heavy atom. The fraction of sp³-hybridized carbons (Fsp3) is 0.167. The van der Waals surface area contributed by atoms with Crippen LogP contribution in [0.4, 0.5) is 0 Å². The highest BCUT2D eigenvalue weighted by molar-refractivity contribution is 9.10. The van der Waals surface area contributed by atoms with Crippen LogP contribution >= 0.6 is 15.9 Å². The first-order valence-corrected chi connectivity index (χ1v) is 8.26. The van der Waals surface area contributed by atoms with E-state index in [9.17, 15) is 9.59 Å². The summed E-state index contributed by atoms with van der Waals surface area (Å²) in [5.74, 6) is -0.142. The van der Waals surface area contributed by atoms with Crippen LogP contribution in [0.2, 0.25) is 0 Å². The third-order valence-corrected chi connectivity index (χ3v) is 4.27. The van der Waals surface area contributed by atoms with E-state index >= 15 is 0 Å². The molecule has 24 heavy (non-hydrogen) atoms. The lowest BCUT2D eigenvalue weighted by molar-refractivity contribution is -0.131. The molecule has 0 saturated heterocycles. The first-order chi connectivity index (χ1) is 11.5. The molecule has 3 rings (SSSR count). The summed E-state index contributed by atoms with van der Waals surface area (Å²) in [6.45, 7) is 0.471. The number of amides is 1. The summed E-state index contributed by atoms with van der Waals surface area (Å²) >= 11 is 3.35. The van der Waals surface area contributed by atoms with Gasteiger partial charge in [-0.3, -0.25) is 14.2 Å². The van der Waals surface area contributed by atoms with Crippen LogP contribution < -0.4 is 5.56 Å². The SMILES string of the molecule is CN(Cc1ccccc1)C(=O)Cn1cnc2ccc(Br)cc2c1=O. The zero-order chi connectivity index (χ0) is 17.1. The van der Waals surface area contributed by atoms with Crippen molar-refractivity contribution in [2.45, 2.75) is 13.1 Å². The highest BCUT2D eigenvalue weighted by Crippen LogP contribution is 2.14. The molecule has 3 aromatic rings. The number of aromatic nitrogens is 2. The van der Waals surface area contributed by atoms with Crippen molar-refractivity contribution in [3.05, 3.63) is 75.2 Å². The first kappa shape index (κ1) is 16.4. The summed E-state index contributed by atoms with van der Waals surface area (Å²) in [4.78, 5) is 30.8. The molecule has 0 fully saturated rings. The number of nitrogens with zero attached hydrogens (tertiary/aromatic N) is 3. The number of halogens is 1. The summed E-state index contributed by atoms with van der Waals surface area (Å²) in [6.07, 6.45) is 1.42. The highest BCUT2D eigenvalue weighted by atomic mass is 79.9. The van der Waals surface area contributed by atoms with Gasteiger partial charge in [0, 0.05) is 18.1 Å². The quantitative estimate of drug-likeness (QED) is 0.693. The maximum Gasteiger partial charge on any atom is 0.261 e. The van der Waals surface area contributed by atoms with E-state index < -0.39 is 0 Å². The molecule has 0 atom stereocenters. The second-order valence-corrected chi connectivity index (χ2v) is 6.49. The largest absolute Gasteiger partial charge is 0.340 e. The summed E-state index contributed by atoms with van der Waals surface area (Å²) < 4.78 is 2.15. The van der Waals surface area contributed by atoms with E-state index in [0.717, 1.165) is 10.0 Å². The van der Waals surface area contributed by atoms with Crippen molar-refractivity contribution in [2.75, 3.05) is 7.05 Å². The van der Waals surface area contributed by atoms with Crippen molar-refractivity contribution in [1.29, 1.82) is 0 Å². The van der Waals surface area contributed by atoms with Gasteiger partial charge in [0.05, 0.1) is 17.2 Å². The molecule has 1 heterocycles. The second kappa shape index (κ2) is 6.97. The molecule has 0 spiro atoms. The minimum atomic E-state index is -0.220. The monoisotopic (exact) mass is 385 g/mol. The molecule has 0 bridgehead atoms. The summed E-state index contributed by atoms with van der Waals surface area (Å²) in [5.41, 5.74) is 1.44. The number of carbonyl (C=O) groups is 1. The van der Waals surface area contributed by atoms with E-state index in [4.69, 9.17) is 0 Å². The van der Waals surface area contributed by atoms with Gasteiger partial charge in [0.1, 0.15) is 6.54 Å². The number of hydrogen-bond acceptors (Lipinski definition) is 3. The third-order valence-electron chi connectivity index (χ3n) is 3.78. The van der Waals surface area contributed by atoms with E-state index in [0.29, 0.717) is 17.4 Å². The van der Waals surface area contributed by atoms with Crippen molar-refractivity contribution in [3.63, 3.8) is 0 Å². The number of likely N-dealkylation sites (N-methyl/N-ethyl adjacent to an activating group) is 1. The van der Waals surface area contributed by atoms with E-state index in [2.05, 4.69) is 20.9 Å². The van der Waals surface area contributed by atoms with Crippen LogP contribution in [0.1, 0.15) is 5.56 Å². The minimum absolute atomic E-state index is 0.0301. The Morgan fingerprint density at radius 3 is 2.71 bits per heavy atom. The van der Waals surface area contributed by atoms with E-state index in [1.165, 1.54) is 10.9 Å². The van der Waals surface area contributed by atoms with Crippen molar-refractivity contribution < 1.29 is 4.79 Å². The number of benzene rings is 2. The van der Waals surface area contributed by atoms with Gasteiger partial charge < -0.3 is 4.90 Å². The Balaban J connectivity index is 1.80. The Labute approximate surface area is 147 Å². The maximum atomic E-state index is 12.5. The molecular formula is C18H16BrN3O2. The molecule has 0 saturated carbocycles.